The van der Waals surface area contributed by atoms with E-state index in [4.69, 9.17) is 11.6 Å². The molecule has 0 atom stereocenters. The van der Waals surface area contributed by atoms with Crippen molar-refractivity contribution in [1.82, 2.24) is 9.97 Å². The minimum Gasteiger partial charge on any atom is -0.378 e. The minimum atomic E-state index is -0.290. The van der Waals surface area contributed by atoms with E-state index < -0.39 is 0 Å². The summed E-state index contributed by atoms with van der Waals surface area (Å²) in [5, 5.41) is 6.36. The Balaban J connectivity index is 1.60. The van der Waals surface area contributed by atoms with E-state index in [2.05, 4.69) is 20.6 Å². The highest BCUT2D eigenvalue weighted by atomic mass is 35.5. The molecule has 2 N–H and O–H groups in total. The smallest absolute Gasteiger partial charge is 0.258 e. The number of hydrogen-bond acceptors (Lipinski definition) is 4. The summed E-state index contributed by atoms with van der Waals surface area (Å²) in [7, 11) is 0. The van der Waals surface area contributed by atoms with Crippen LogP contribution in [0.15, 0.2) is 67.0 Å². The summed E-state index contributed by atoms with van der Waals surface area (Å²) >= 11 is 6.01. The zero-order valence-electron chi connectivity index (χ0n) is 12.7. The first-order valence-corrected chi connectivity index (χ1v) is 7.76. The van der Waals surface area contributed by atoms with Gasteiger partial charge in [-0.15, -0.1) is 0 Å². The maximum absolute atomic E-state index is 12.2. The van der Waals surface area contributed by atoms with Crippen molar-refractivity contribution < 1.29 is 4.79 Å². The first-order chi connectivity index (χ1) is 11.7. The van der Waals surface area contributed by atoms with Crippen molar-refractivity contribution in [3.05, 3.63) is 83.3 Å². The number of carbonyl (C=O) groups excluding carboxylic acids is 1. The number of amides is 1. The molecule has 1 amide bonds. The second kappa shape index (κ2) is 7.57. The van der Waals surface area contributed by atoms with Gasteiger partial charge in [0, 0.05) is 6.20 Å². The third-order valence-electron chi connectivity index (χ3n) is 3.32. The highest BCUT2D eigenvalue weighted by Gasteiger charge is 2.10. The number of carbonyl (C=O) groups is 1. The van der Waals surface area contributed by atoms with Crippen LogP contribution in [0.1, 0.15) is 16.1 Å². The number of nitrogens with one attached hydrogen (secondary N) is 2. The van der Waals surface area contributed by atoms with Crippen molar-refractivity contribution in [1.29, 1.82) is 0 Å². The van der Waals surface area contributed by atoms with Gasteiger partial charge in [-0.05, 0) is 36.4 Å². The molecule has 2 heterocycles. The molecular formula is C18H15ClN4O. The summed E-state index contributed by atoms with van der Waals surface area (Å²) in [6.07, 6.45) is 3.41. The highest BCUT2D eigenvalue weighted by Crippen LogP contribution is 2.17. The number of rotatable bonds is 5. The summed E-state index contributed by atoms with van der Waals surface area (Å²) in [5.74, 6) is 0.172. The lowest BCUT2D eigenvalue weighted by atomic mass is 10.2. The van der Waals surface area contributed by atoms with Crippen molar-refractivity contribution in [3.63, 3.8) is 0 Å². The molecule has 0 fully saturated rings. The maximum atomic E-state index is 12.2. The van der Waals surface area contributed by atoms with Gasteiger partial charge in [-0.2, -0.15) is 0 Å². The fourth-order valence-corrected chi connectivity index (χ4v) is 2.32. The highest BCUT2D eigenvalue weighted by molar-refractivity contribution is 6.34. The molecular weight excluding hydrogens is 324 g/mol. The van der Waals surface area contributed by atoms with E-state index in [0.717, 1.165) is 11.4 Å². The molecule has 0 saturated carbocycles. The molecule has 0 spiro atoms. The fraction of sp³-hybridized carbons (Fsp3) is 0.0556. The molecule has 120 valence electrons. The predicted molar refractivity (Wildman–Crippen MR) is 95.2 cm³/mol. The third kappa shape index (κ3) is 4.08. The Morgan fingerprint density at radius 1 is 1.00 bits per heavy atom. The summed E-state index contributed by atoms with van der Waals surface area (Å²) in [5.41, 5.74) is 2.20. The second-order valence-corrected chi connectivity index (χ2v) is 5.45. The summed E-state index contributed by atoms with van der Waals surface area (Å²) < 4.78 is 0. The molecule has 3 aromatic rings. The Hall–Kier alpha value is -2.92. The van der Waals surface area contributed by atoms with E-state index in [-0.39, 0.29) is 5.91 Å². The summed E-state index contributed by atoms with van der Waals surface area (Å²) in [6.45, 7) is 0.605. The van der Waals surface area contributed by atoms with E-state index in [1.807, 2.05) is 24.3 Å². The van der Waals surface area contributed by atoms with Crippen LogP contribution >= 0.6 is 11.6 Å². The predicted octanol–water partition coefficient (Wildman–Crippen LogP) is 3.99. The fourth-order valence-electron chi connectivity index (χ4n) is 2.10. The van der Waals surface area contributed by atoms with Crippen LogP contribution in [0.25, 0.3) is 0 Å². The minimum absolute atomic E-state index is 0.290. The van der Waals surface area contributed by atoms with Crippen LogP contribution in [0.5, 0.6) is 0 Å². The van der Waals surface area contributed by atoms with E-state index in [1.54, 1.807) is 42.7 Å². The van der Waals surface area contributed by atoms with Crippen LogP contribution in [0.3, 0.4) is 0 Å². The standard InChI is InChI=1S/C18H15ClN4O/c19-16-7-2-1-6-15(16)18(24)23-17-9-8-14(12-22-17)21-11-13-5-3-4-10-20-13/h1-10,12,21H,11H2,(H,22,23,24). The average Bonchev–Trinajstić information content (AvgIpc) is 2.62. The van der Waals surface area contributed by atoms with Gasteiger partial charge in [0.1, 0.15) is 5.82 Å². The molecule has 3 rings (SSSR count). The molecule has 0 radical (unpaired) electrons. The topological polar surface area (TPSA) is 66.9 Å². The summed E-state index contributed by atoms with van der Waals surface area (Å²) in [6, 6.07) is 16.2. The van der Waals surface area contributed by atoms with E-state index in [9.17, 15) is 4.79 Å². The lowest BCUT2D eigenvalue weighted by Crippen LogP contribution is -2.13. The van der Waals surface area contributed by atoms with E-state index in [0.29, 0.717) is 22.9 Å². The SMILES string of the molecule is O=C(Nc1ccc(NCc2ccccn2)cn1)c1ccccc1Cl. The van der Waals surface area contributed by atoms with Crippen LogP contribution in [-0.2, 0) is 6.54 Å². The monoisotopic (exact) mass is 338 g/mol. The Morgan fingerprint density at radius 3 is 2.54 bits per heavy atom. The van der Waals surface area contributed by atoms with Gasteiger partial charge in [-0.1, -0.05) is 29.8 Å². The average molecular weight is 339 g/mol. The molecule has 0 aliphatic carbocycles. The molecule has 5 nitrogen and oxygen atoms in total. The van der Waals surface area contributed by atoms with Gasteiger partial charge in [0.25, 0.3) is 5.91 Å². The van der Waals surface area contributed by atoms with Crippen LogP contribution in [0.4, 0.5) is 11.5 Å². The zero-order valence-corrected chi connectivity index (χ0v) is 13.5. The van der Waals surface area contributed by atoms with Crippen molar-refractivity contribution >= 4 is 29.0 Å². The number of anilines is 2. The zero-order chi connectivity index (χ0) is 16.8. The number of aromatic nitrogens is 2. The maximum Gasteiger partial charge on any atom is 0.258 e. The van der Waals surface area contributed by atoms with Gasteiger partial charge in [-0.25, -0.2) is 4.98 Å². The van der Waals surface area contributed by atoms with Crippen LogP contribution < -0.4 is 10.6 Å². The van der Waals surface area contributed by atoms with Gasteiger partial charge in [-0.3, -0.25) is 9.78 Å². The Labute approximate surface area is 144 Å². The Morgan fingerprint density at radius 2 is 1.83 bits per heavy atom. The third-order valence-corrected chi connectivity index (χ3v) is 3.65. The number of pyridine rings is 2. The van der Waals surface area contributed by atoms with Crippen molar-refractivity contribution in [2.24, 2.45) is 0 Å². The largest absolute Gasteiger partial charge is 0.378 e. The molecule has 0 saturated heterocycles. The van der Waals surface area contributed by atoms with E-state index >= 15 is 0 Å². The summed E-state index contributed by atoms with van der Waals surface area (Å²) in [4.78, 5) is 20.6. The second-order valence-electron chi connectivity index (χ2n) is 5.04. The van der Waals surface area contributed by atoms with Crippen LogP contribution in [0.2, 0.25) is 5.02 Å². The number of halogens is 1. The van der Waals surface area contributed by atoms with Gasteiger partial charge in [0.15, 0.2) is 0 Å². The number of hydrogen-bond donors (Lipinski definition) is 2. The molecule has 2 aromatic heterocycles. The first-order valence-electron chi connectivity index (χ1n) is 7.38. The lowest BCUT2D eigenvalue weighted by Gasteiger charge is -2.08. The Kier molecular flexibility index (Phi) is 5.03. The van der Waals surface area contributed by atoms with Crippen molar-refractivity contribution in [3.8, 4) is 0 Å². The first kappa shape index (κ1) is 16.0. The molecule has 1 aromatic carbocycles. The molecule has 0 aliphatic rings. The normalized spacial score (nSPS) is 10.2. The number of benzene rings is 1. The van der Waals surface area contributed by atoms with Gasteiger partial charge < -0.3 is 10.6 Å². The van der Waals surface area contributed by atoms with Crippen molar-refractivity contribution in [2.45, 2.75) is 6.54 Å². The molecule has 24 heavy (non-hydrogen) atoms. The van der Waals surface area contributed by atoms with Crippen LogP contribution in [-0.4, -0.2) is 15.9 Å². The molecule has 0 aliphatic heterocycles. The quantitative estimate of drug-likeness (QED) is 0.738. The van der Waals surface area contributed by atoms with Gasteiger partial charge in [0.05, 0.1) is 34.7 Å². The van der Waals surface area contributed by atoms with Gasteiger partial charge >= 0.3 is 0 Å². The Bertz CT molecular complexity index is 822. The molecule has 6 heteroatoms. The van der Waals surface area contributed by atoms with Crippen molar-refractivity contribution in [2.75, 3.05) is 10.6 Å². The van der Waals surface area contributed by atoms with E-state index in [1.165, 1.54) is 0 Å². The molecule has 0 unspecified atom stereocenters. The molecule has 0 bridgehead atoms. The van der Waals surface area contributed by atoms with Crippen LogP contribution in [0, 0.1) is 0 Å². The number of nitrogens with zero attached hydrogens (tertiary/aromatic N) is 2. The lowest BCUT2D eigenvalue weighted by molar-refractivity contribution is 0.102. The van der Waals surface area contributed by atoms with Gasteiger partial charge in [0.2, 0.25) is 0 Å².